The fourth-order valence-electron chi connectivity index (χ4n) is 2.40. The molecule has 2 aromatic carbocycles. The molecule has 3 rings (SSSR count). The first kappa shape index (κ1) is 15.5. The van der Waals surface area contributed by atoms with Gasteiger partial charge in [0.05, 0.1) is 6.04 Å². The molecule has 0 aliphatic heterocycles. The lowest BCUT2D eigenvalue weighted by atomic mass is 10.1. The lowest BCUT2D eigenvalue weighted by Crippen LogP contribution is -2.30. The summed E-state index contributed by atoms with van der Waals surface area (Å²) in [7, 11) is 0. The topological polar surface area (TPSA) is 59.3 Å². The van der Waals surface area contributed by atoms with Crippen molar-refractivity contribution in [2.75, 3.05) is 0 Å². The van der Waals surface area contributed by atoms with Gasteiger partial charge >= 0.3 is 5.63 Å². The molecule has 116 valence electrons. The predicted molar refractivity (Wildman–Crippen MR) is 92.5 cm³/mol. The molecule has 0 aliphatic carbocycles. The van der Waals surface area contributed by atoms with Gasteiger partial charge in [-0.15, -0.1) is 0 Å². The summed E-state index contributed by atoms with van der Waals surface area (Å²) in [6, 6.07) is 16.0. The summed E-state index contributed by atoms with van der Waals surface area (Å²) in [5, 5.41) is 3.54. The van der Waals surface area contributed by atoms with E-state index in [1.807, 2.05) is 37.3 Å². The first-order valence-corrected chi connectivity index (χ1v) is 7.94. The van der Waals surface area contributed by atoms with Gasteiger partial charge in [0, 0.05) is 9.86 Å². The lowest BCUT2D eigenvalue weighted by Gasteiger charge is -2.15. The molecule has 0 bridgehead atoms. The number of carbonyl (C=O) groups excluding carboxylic acids is 1. The van der Waals surface area contributed by atoms with E-state index in [9.17, 15) is 9.59 Å². The predicted octanol–water partition coefficient (Wildman–Crippen LogP) is 4.05. The third-order valence-electron chi connectivity index (χ3n) is 3.61. The highest BCUT2D eigenvalue weighted by Gasteiger charge is 2.17. The van der Waals surface area contributed by atoms with Crippen LogP contribution in [-0.2, 0) is 0 Å². The van der Waals surface area contributed by atoms with E-state index < -0.39 is 11.5 Å². The molecule has 1 atom stereocenters. The second-order valence-electron chi connectivity index (χ2n) is 5.20. The van der Waals surface area contributed by atoms with Crippen LogP contribution in [0, 0.1) is 0 Å². The summed E-state index contributed by atoms with van der Waals surface area (Å²) in [4.78, 5) is 24.4. The second kappa shape index (κ2) is 6.38. The van der Waals surface area contributed by atoms with E-state index in [-0.39, 0.29) is 11.6 Å². The van der Waals surface area contributed by atoms with Gasteiger partial charge in [-0.25, -0.2) is 4.79 Å². The Morgan fingerprint density at radius 2 is 1.83 bits per heavy atom. The maximum atomic E-state index is 12.4. The van der Waals surface area contributed by atoms with Crippen molar-refractivity contribution in [3.8, 4) is 0 Å². The van der Waals surface area contributed by atoms with Gasteiger partial charge < -0.3 is 9.73 Å². The SMILES string of the molecule is CC(NC(=O)c1cc2ccccc2oc1=O)c1ccccc1Br. The number of halogens is 1. The first-order chi connectivity index (χ1) is 11.1. The minimum absolute atomic E-state index is 0.00241. The summed E-state index contributed by atoms with van der Waals surface area (Å²) >= 11 is 3.46. The fourth-order valence-corrected chi connectivity index (χ4v) is 3.03. The smallest absolute Gasteiger partial charge is 0.349 e. The maximum absolute atomic E-state index is 12.4. The van der Waals surface area contributed by atoms with Crippen molar-refractivity contribution in [3.05, 3.63) is 80.6 Å². The van der Waals surface area contributed by atoms with Crippen molar-refractivity contribution in [3.63, 3.8) is 0 Å². The zero-order chi connectivity index (χ0) is 16.4. The van der Waals surface area contributed by atoms with Crippen LogP contribution in [0.1, 0.15) is 28.9 Å². The first-order valence-electron chi connectivity index (χ1n) is 7.14. The Morgan fingerprint density at radius 1 is 1.13 bits per heavy atom. The number of carbonyl (C=O) groups is 1. The third-order valence-corrected chi connectivity index (χ3v) is 4.33. The average Bonchev–Trinajstić information content (AvgIpc) is 2.54. The number of para-hydroxylation sites is 1. The molecule has 1 N–H and O–H groups in total. The summed E-state index contributed by atoms with van der Waals surface area (Å²) in [5.41, 5.74) is 0.766. The number of rotatable bonds is 3. The van der Waals surface area contributed by atoms with Crippen LogP contribution in [0.15, 0.2) is 68.3 Å². The van der Waals surface area contributed by atoms with Gasteiger partial charge in [-0.3, -0.25) is 4.79 Å². The molecule has 1 unspecified atom stereocenters. The van der Waals surface area contributed by atoms with Crippen molar-refractivity contribution < 1.29 is 9.21 Å². The molecule has 23 heavy (non-hydrogen) atoms. The van der Waals surface area contributed by atoms with Crippen LogP contribution in [-0.4, -0.2) is 5.91 Å². The molecule has 1 heterocycles. The number of benzene rings is 2. The molecule has 0 saturated carbocycles. The Bertz CT molecular complexity index is 933. The highest BCUT2D eigenvalue weighted by molar-refractivity contribution is 9.10. The van der Waals surface area contributed by atoms with Crippen LogP contribution in [0.5, 0.6) is 0 Å². The van der Waals surface area contributed by atoms with Crippen LogP contribution in [0.25, 0.3) is 11.0 Å². The van der Waals surface area contributed by atoms with Gasteiger partial charge in [-0.2, -0.15) is 0 Å². The minimum Gasteiger partial charge on any atom is -0.422 e. The fraction of sp³-hybridized carbons (Fsp3) is 0.111. The summed E-state index contributed by atoms with van der Waals surface area (Å²) < 4.78 is 6.10. The van der Waals surface area contributed by atoms with Crippen LogP contribution in [0.3, 0.4) is 0 Å². The zero-order valence-electron chi connectivity index (χ0n) is 12.4. The summed E-state index contributed by atoms with van der Waals surface area (Å²) in [5.74, 6) is -0.451. The van der Waals surface area contributed by atoms with Crippen LogP contribution in [0.2, 0.25) is 0 Å². The molecule has 5 heteroatoms. The highest BCUT2D eigenvalue weighted by Crippen LogP contribution is 2.23. The van der Waals surface area contributed by atoms with E-state index in [1.165, 1.54) is 0 Å². The van der Waals surface area contributed by atoms with E-state index in [4.69, 9.17) is 4.42 Å². The van der Waals surface area contributed by atoms with Crippen LogP contribution in [0.4, 0.5) is 0 Å². The lowest BCUT2D eigenvalue weighted by molar-refractivity contribution is 0.0936. The van der Waals surface area contributed by atoms with Gasteiger partial charge in [-0.1, -0.05) is 52.3 Å². The monoisotopic (exact) mass is 371 g/mol. The van der Waals surface area contributed by atoms with E-state index >= 15 is 0 Å². The second-order valence-corrected chi connectivity index (χ2v) is 6.06. The normalized spacial score (nSPS) is 12.1. The molecule has 4 nitrogen and oxygen atoms in total. The van der Waals surface area contributed by atoms with Crippen molar-refractivity contribution in [1.82, 2.24) is 5.32 Å². The molecular weight excluding hydrogens is 358 g/mol. The van der Waals surface area contributed by atoms with E-state index in [1.54, 1.807) is 24.3 Å². The van der Waals surface area contributed by atoms with Crippen molar-refractivity contribution >= 4 is 32.8 Å². The summed E-state index contributed by atoms with van der Waals surface area (Å²) in [6.45, 7) is 1.86. The van der Waals surface area contributed by atoms with Crippen molar-refractivity contribution in [2.24, 2.45) is 0 Å². The van der Waals surface area contributed by atoms with Crippen molar-refractivity contribution in [2.45, 2.75) is 13.0 Å². The Kier molecular flexibility index (Phi) is 4.30. The quantitative estimate of drug-likeness (QED) is 0.706. The van der Waals surface area contributed by atoms with Crippen molar-refractivity contribution in [1.29, 1.82) is 0 Å². The number of amides is 1. The number of fused-ring (bicyclic) bond motifs is 1. The Balaban J connectivity index is 1.90. The number of hydrogen-bond donors (Lipinski definition) is 1. The summed E-state index contributed by atoms with van der Waals surface area (Å²) in [6.07, 6.45) is 0. The van der Waals surface area contributed by atoms with Gasteiger partial charge in [0.25, 0.3) is 5.91 Å². The molecule has 1 amide bonds. The van der Waals surface area contributed by atoms with E-state index in [0.29, 0.717) is 11.0 Å². The van der Waals surface area contributed by atoms with Gasteiger partial charge in [0.15, 0.2) is 0 Å². The van der Waals surface area contributed by atoms with Crippen LogP contribution >= 0.6 is 15.9 Å². The Labute approximate surface area is 141 Å². The molecule has 0 spiro atoms. The third kappa shape index (κ3) is 3.19. The van der Waals surface area contributed by atoms with Crippen LogP contribution < -0.4 is 10.9 Å². The van der Waals surface area contributed by atoms with Gasteiger partial charge in [0.1, 0.15) is 11.1 Å². The Hall–Kier alpha value is -2.40. The Morgan fingerprint density at radius 3 is 2.61 bits per heavy atom. The molecule has 0 saturated heterocycles. The average molecular weight is 372 g/mol. The van der Waals surface area contributed by atoms with E-state index in [0.717, 1.165) is 10.0 Å². The molecule has 0 aliphatic rings. The standard InChI is InChI=1S/C18H14BrNO3/c1-11(13-7-3-4-8-15(13)19)20-17(21)14-10-12-6-2-5-9-16(12)23-18(14)22/h2-11H,1H3,(H,20,21). The van der Waals surface area contributed by atoms with Gasteiger partial charge in [0.2, 0.25) is 0 Å². The highest BCUT2D eigenvalue weighted by atomic mass is 79.9. The van der Waals surface area contributed by atoms with Gasteiger partial charge in [-0.05, 0) is 30.7 Å². The maximum Gasteiger partial charge on any atom is 0.349 e. The minimum atomic E-state index is -0.638. The molecule has 1 aromatic heterocycles. The van der Waals surface area contributed by atoms with E-state index in [2.05, 4.69) is 21.2 Å². The number of hydrogen-bond acceptors (Lipinski definition) is 3. The molecule has 0 radical (unpaired) electrons. The largest absolute Gasteiger partial charge is 0.422 e. The zero-order valence-corrected chi connectivity index (χ0v) is 14.0. The molecule has 3 aromatic rings. The molecule has 0 fully saturated rings. The molecular formula is C18H14BrNO3. The number of nitrogens with one attached hydrogen (secondary N) is 1.